The number of rotatable bonds is 6. The second-order valence-electron chi connectivity index (χ2n) is 5.44. The van der Waals surface area contributed by atoms with Gasteiger partial charge in [0.25, 0.3) is 5.91 Å². The van der Waals surface area contributed by atoms with Crippen molar-refractivity contribution in [3.8, 4) is 5.75 Å². The fourth-order valence-corrected chi connectivity index (χ4v) is 2.78. The Kier molecular flexibility index (Phi) is 5.14. The normalized spacial score (nSPS) is 17.0. The summed E-state index contributed by atoms with van der Waals surface area (Å²) in [7, 11) is 0. The highest BCUT2D eigenvalue weighted by Crippen LogP contribution is 2.31. The van der Waals surface area contributed by atoms with Gasteiger partial charge in [0.05, 0.1) is 18.2 Å². The second-order valence-corrected chi connectivity index (χ2v) is 5.44. The highest BCUT2D eigenvalue weighted by molar-refractivity contribution is 5.79. The van der Waals surface area contributed by atoms with E-state index in [0.29, 0.717) is 18.6 Å². The van der Waals surface area contributed by atoms with Crippen LogP contribution in [0.3, 0.4) is 0 Å². The van der Waals surface area contributed by atoms with Gasteiger partial charge in [-0.1, -0.05) is 19.3 Å². The highest BCUT2D eigenvalue weighted by Gasteiger charge is 2.35. The van der Waals surface area contributed by atoms with Crippen molar-refractivity contribution < 1.29 is 19.4 Å². The SMILES string of the molecule is O=C(O)CC1(NC(=O)COc2cccnc2)CCCCC1. The van der Waals surface area contributed by atoms with E-state index in [1.165, 1.54) is 6.20 Å². The first-order valence-electron chi connectivity index (χ1n) is 7.15. The molecule has 0 aromatic carbocycles. The van der Waals surface area contributed by atoms with E-state index in [9.17, 15) is 9.59 Å². The van der Waals surface area contributed by atoms with Crippen molar-refractivity contribution in [1.82, 2.24) is 10.3 Å². The summed E-state index contributed by atoms with van der Waals surface area (Å²) in [4.78, 5) is 27.0. The Labute approximate surface area is 123 Å². The average molecular weight is 292 g/mol. The maximum absolute atomic E-state index is 12.0. The Balaban J connectivity index is 1.90. The number of carbonyl (C=O) groups excluding carboxylic acids is 1. The third-order valence-corrected chi connectivity index (χ3v) is 3.71. The standard InChI is InChI=1S/C15H20N2O4/c18-13(11-21-12-5-4-8-16-10-12)17-15(9-14(19)20)6-2-1-3-7-15/h4-5,8,10H,1-3,6-7,9,11H2,(H,17,18)(H,19,20). The van der Waals surface area contributed by atoms with E-state index in [4.69, 9.17) is 9.84 Å². The predicted octanol–water partition coefficient (Wildman–Crippen LogP) is 1.75. The lowest BCUT2D eigenvalue weighted by Crippen LogP contribution is -2.52. The summed E-state index contributed by atoms with van der Waals surface area (Å²) < 4.78 is 5.34. The molecule has 0 bridgehead atoms. The summed E-state index contributed by atoms with van der Waals surface area (Å²) in [5.41, 5.74) is -0.626. The van der Waals surface area contributed by atoms with Gasteiger partial charge < -0.3 is 15.2 Å². The van der Waals surface area contributed by atoms with Crippen molar-refractivity contribution in [3.63, 3.8) is 0 Å². The number of carbonyl (C=O) groups is 2. The number of pyridine rings is 1. The Bertz CT molecular complexity index is 484. The van der Waals surface area contributed by atoms with E-state index >= 15 is 0 Å². The Morgan fingerprint density at radius 2 is 2.10 bits per heavy atom. The zero-order valence-electron chi connectivity index (χ0n) is 11.9. The fraction of sp³-hybridized carbons (Fsp3) is 0.533. The zero-order valence-corrected chi connectivity index (χ0v) is 11.9. The first kappa shape index (κ1) is 15.3. The van der Waals surface area contributed by atoms with Crippen LogP contribution in [0.4, 0.5) is 0 Å². The molecule has 1 heterocycles. The molecule has 2 N–H and O–H groups in total. The van der Waals surface area contributed by atoms with Gasteiger partial charge in [-0.2, -0.15) is 0 Å². The molecule has 0 spiro atoms. The van der Waals surface area contributed by atoms with Crippen LogP contribution in [0.1, 0.15) is 38.5 Å². The minimum absolute atomic E-state index is 0.0361. The molecule has 1 aromatic rings. The molecule has 1 aromatic heterocycles. The first-order valence-corrected chi connectivity index (χ1v) is 7.15. The quantitative estimate of drug-likeness (QED) is 0.834. The van der Waals surface area contributed by atoms with Crippen molar-refractivity contribution in [3.05, 3.63) is 24.5 Å². The molecule has 0 atom stereocenters. The first-order chi connectivity index (χ1) is 10.1. The van der Waals surface area contributed by atoms with Crippen LogP contribution in [0, 0.1) is 0 Å². The molecular weight excluding hydrogens is 272 g/mol. The van der Waals surface area contributed by atoms with Crippen molar-refractivity contribution in [2.24, 2.45) is 0 Å². The summed E-state index contributed by atoms with van der Waals surface area (Å²) in [6.45, 7) is -0.132. The summed E-state index contributed by atoms with van der Waals surface area (Å²) in [6.07, 6.45) is 7.50. The second kappa shape index (κ2) is 7.06. The molecular formula is C15H20N2O4. The molecule has 1 aliphatic rings. The molecule has 0 saturated heterocycles. The van der Waals surface area contributed by atoms with E-state index in [-0.39, 0.29) is 18.9 Å². The molecule has 1 saturated carbocycles. The monoisotopic (exact) mass is 292 g/mol. The van der Waals surface area contributed by atoms with Gasteiger partial charge in [-0.15, -0.1) is 0 Å². The van der Waals surface area contributed by atoms with E-state index in [0.717, 1.165) is 19.3 Å². The summed E-state index contributed by atoms with van der Waals surface area (Å²) in [5.74, 6) is -0.657. The van der Waals surface area contributed by atoms with Crippen LogP contribution in [0.25, 0.3) is 0 Å². The van der Waals surface area contributed by atoms with E-state index in [2.05, 4.69) is 10.3 Å². The molecule has 114 valence electrons. The van der Waals surface area contributed by atoms with Crippen LogP contribution in [-0.4, -0.2) is 34.1 Å². The van der Waals surface area contributed by atoms with Gasteiger partial charge in [0.15, 0.2) is 6.61 Å². The molecule has 1 fully saturated rings. The van der Waals surface area contributed by atoms with Crippen LogP contribution >= 0.6 is 0 Å². The van der Waals surface area contributed by atoms with Gasteiger partial charge in [0.2, 0.25) is 0 Å². The largest absolute Gasteiger partial charge is 0.482 e. The highest BCUT2D eigenvalue weighted by atomic mass is 16.5. The number of nitrogens with one attached hydrogen (secondary N) is 1. The van der Waals surface area contributed by atoms with Gasteiger partial charge in [-0.25, -0.2) is 0 Å². The number of ether oxygens (including phenoxy) is 1. The lowest BCUT2D eigenvalue weighted by Gasteiger charge is -2.36. The minimum Gasteiger partial charge on any atom is -0.482 e. The minimum atomic E-state index is -0.884. The van der Waals surface area contributed by atoms with Crippen molar-refractivity contribution in [1.29, 1.82) is 0 Å². The smallest absolute Gasteiger partial charge is 0.305 e. The lowest BCUT2D eigenvalue weighted by molar-refractivity contribution is -0.139. The Morgan fingerprint density at radius 3 is 2.71 bits per heavy atom. The maximum Gasteiger partial charge on any atom is 0.305 e. The molecule has 6 nitrogen and oxygen atoms in total. The third kappa shape index (κ3) is 4.73. The topological polar surface area (TPSA) is 88.5 Å². The van der Waals surface area contributed by atoms with Crippen LogP contribution in [0.15, 0.2) is 24.5 Å². The van der Waals surface area contributed by atoms with E-state index in [1.54, 1.807) is 18.3 Å². The summed E-state index contributed by atoms with van der Waals surface area (Å²) >= 11 is 0. The van der Waals surface area contributed by atoms with Crippen molar-refractivity contribution in [2.45, 2.75) is 44.1 Å². The van der Waals surface area contributed by atoms with Crippen LogP contribution in [0.5, 0.6) is 5.75 Å². The number of amides is 1. The Hall–Kier alpha value is -2.11. The van der Waals surface area contributed by atoms with Gasteiger partial charge in [-0.3, -0.25) is 14.6 Å². The third-order valence-electron chi connectivity index (χ3n) is 3.71. The predicted molar refractivity (Wildman–Crippen MR) is 75.9 cm³/mol. The lowest BCUT2D eigenvalue weighted by atomic mass is 9.79. The summed E-state index contributed by atoms with van der Waals surface area (Å²) in [6, 6.07) is 3.44. The molecule has 6 heteroatoms. The molecule has 2 rings (SSSR count). The van der Waals surface area contributed by atoms with Gasteiger partial charge >= 0.3 is 5.97 Å². The molecule has 1 aliphatic carbocycles. The number of carboxylic acids is 1. The number of nitrogens with zero attached hydrogens (tertiary/aromatic N) is 1. The average Bonchev–Trinajstić information content (AvgIpc) is 2.46. The van der Waals surface area contributed by atoms with Crippen LogP contribution in [0.2, 0.25) is 0 Å². The number of hydrogen-bond acceptors (Lipinski definition) is 4. The molecule has 0 radical (unpaired) electrons. The number of hydrogen-bond donors (Lipinski definition) is 2. The van der Waals surface area contributed by atoms with Crippen LogP contribution in [-0.2, 0) is 9.59 Å². The van der Waals surface area contributed by atoms with Crippen LogP contribution < -0.4 is 10.1 Å². The molecule has 0 aliphatic heterocycles. The number of carboxylic acid groups (broad SMARTS) is 1. The fourth-order valence-electron chi connectivity index (χ4n) is 2.78. The van der Waals surface area contributed by atoms with Crippen molar-refractivity contribution in [2.75, 3.05) is 6.61 Å². The van der Waals surface area contributed by atoms with Gasteiger partial charge in [0, 0.05) is 6.20 Å². The molecule has 21 heavy (non-hydrogen) atoms. The summed E-state index contributed by atoms with van der Waals surface area (Å²) in [5, 5.41) is 11.9. The Morgan fingerprint density at radius 1 is 1.33 bits per heavy atom. The van der Waals surface area contributed by atoms with E-state index < -0.39 is 11.5 Å². The molecule has 1 amide bonds. The van der Waals surface area contributed by atoms with Crippen molar-refractivity contribution >= 4 is 11.9 Å². The zero-order chi connectivity index (χ0) is 15.1. The van der Waals surface area contributed by atoms with Gasteiger partial charge in [-0.05, 0) is 25.0 Å². The van der Waals surface area contributed by atoms with Gasteiger partial charge in [0.1, 0.15) is 5.75 Å². The number of aliphatic carboxylic acids is 1. The maximum atomic E-state index is 12.0. The van der Waals surface area contributed by atoms with E-state index in [1.807, 2.05) is 0 Å². The number of aromatic nitrogens is 1. The molecule has 0 unspecified atom stereocenters.